The minimum atomic E-state index is -0.543. The molecular formula is C15H18BrFO2S. The summed E-state index contributed by atoms with van der Waals surface area (Å²) < 4.78 is 19.7. The summed E-state index contributed by atoms with van der Waals surface area (Å²) in [6, 6.07) is 4.77. The second-order valence-corrected chi connectivity index (χ2v) is 7.66. The Labute approximate surface area is 131 Å². The molecule has 20 heavy (non-hydrogen) atoms. The Morgan fingerprint density at radius 1 is 1.50 bits per heavy atom. The molecule has 1 N–H and O–H groups in total. The Bertz CT molecular complexity index is 491. The van der Waals surface area contributed by atoms with E-state index in [4.69, 9.17) is 4.74 Å². The van der Waals surface area contributed by atoms with Crippen molar-refractivity contribution in [3.8, 4) is 0 Å². The Balaban J connectivity index is 1.75. The van der Waals surface area contributed by atoms with Gasteiger partial charge < -0.3 is 9.84 Å². The molecule has 0 aromatic heterocycles. The average Bonchev–Trinajstić information content (AvgIpc) is 2.89. The molecule has 3 unspecified atom stereocenters. The molecule has 2 saturated heterocycles. The van der Waals surface area contributed by atoms with Crippen molar-refractivity contribution in [1.29, 1.82) is 0 Å². The molecule has 0 aliphatic carbocycles. The van der Waals surface area contributed by atoms with Gasteiger partial charge in [0, 0.05) is 12.4 Å². The molecule has 3 rings (SSSR count). The summed E-state index contributed by atoms with van der Waals surface area (Å²) in [5.74, 6) is 2.07. The molecule has 3 atom stereocenters. The van der Waals surface area contributed by atoms with Gasteiger partial charge in [0.05, 0.1) is 16.2 Å². The first kappa shape index (κ1) is 14.8. The largest absolute Gasteiger partial charge is 0.388 e. The molecule has 5 heteroatoms. The highest BCUT2D eigenvalue weighted by atomic mass is 79.9. The molecule has 2 fully saturated rings. The lowest BCUT2D eigenvalue weighted by atomic mass is 9.80. The number of hydrogen-bond donors (Lipinski definition) is 1. The fraction of sp³-hybridized carbons (Fsp3) is 0.600. The van der Waals surface area contributed by atoms with Crippen molar-refractivity contribution in [2.75, 3.05) is 18.1 Å². The van der Waals surface area contributed by atoms with E-state index in [1.54, 1.807) is 12.1 Å². The quantitative estimate of drug-likeness (QED) is 0.866. The van der Waals surface area contributed by atoms with Crippen LogP contribution in [0.15, 0.2) is 22.7 Å². The average molecular weight is 361 g/mol. The van der Waals surface area contributed by atoms with Gasteiger partial charge in [0.25, 0.3) is 0 Å². The zero-order valence-corrected chi connectivity index (χ0v) is 13.6. The predicted molar refractivity (Wildman–Crippen MR) is 82.4 cm³/mol. The number of rotatable bonds is 2. The van der Waals surface area contributed by atoms with Crippen LogP contribution < -0.4 is 0 Å². The molecule has 110 valence electrons. The standard InChI is InChI=1S/C15H18BrFO2S/c16-12-7-10(1-2-13(12)17)14(18)11-3-5-19-15(8-11)4-6-20-9-15/h1-2,7,11,14,18H,3-6,8-9H2. The highest BCUT2D eigenvalue weighted by Gasteiger charge is 2.42. The molecule has 0 amide bonds. The number of hydrogen-bond acceptors (Lipinski definition) is 3. The van der Waals surface area contributed by atoms with E-state index < -0.39 is 6.10 Å². The van der Waals surface area contributed by atoms with Crippen LogP contribution in [0.5, 0.6) is 0 Å². The van der Waals surface area contributed by atoms with Crippen molar-refractivity contribution in [2.45, 2.75) is 31.0 Å². The molecule has 1 spiro atoms. The van der Waals surface area contributed by atoms with Crippen molar-refractivity contribution in [3.05, 3.63) is 34.1 Å². The van der Waals surface area contributed by atoms with Crippen LogP contribution in [-0.4, -0.2) is 28.8 Å². The lowest BCUT2D eigenvalue weighted by molar-refractivity contribution is -0.102. The molecule has 0 radical (unpaired) electrons. The van der Waals surface area contributed by atoms with Crippen LogP contribution in [0.25, 0.3) is 0 Å². The lowest BCUT2D eigenvalue weighted by Gasteiger charge is -2.39. The molecular weight excluding hydrogens is 343 g/mol. The Morgan fingerprint density at radius 3 is 3.05 bits per heavy atom. The topological polar surface area (TPSA) is 29.5 Å². The van der Waals surface area contributed by atoms with Gasteiger partial charge in [0.1, 0.15) is 5.82 Å². The fourth-order valence-corrected chi connectivity index (χ4v) is 4.94. The molecule has 1 aromatic rings. The maximum absolute atomic E-state index is 13.3. The first-order valence-electron chi connectivity index (χ1n) is 6.94. The van der Waals surface area contributed by atoms with Gasteiger partial charge >= 0.3 is 0 Å². The zero-order chi connectivity index (χ0) is 14.2. The third-order valence-corrected chi connectivity index (χ3v) is 6.16. The zero-order valence-electron chi connectivity index (χ0n) is 11.1. The first-order valence-corrected chi connectivity index (χ1v) is 8.89. The van der Waals surface area contributed by atoms with Gasteiger partial charge in [-0.2, -0.15) is 11.8 Å². The van der Waals surface area contributed by atoms with Gasteiger partial charge in [0.15, 0.2) is 0 Å². The highest BCUT2D eigenvalue weighted by molar-refractivity contribution is 9.10. The molecule has 2 aliphatic rings. The Morgan fingerprint density at radius 2 is 2.35 bits per heavy atom. The van der Waals surface area contributed by atoms with E-state index in [2.05, 4.69) is 15.9 Å². The first-order chi connectivity index (χ1) is 9.60. The van der Waals surface area contributed by atoms with Crippen molar-refractivity contribution >= 4 is 27.7 Å². The SMILES string of the molecule is OC(c1ccc(F)c(Br)c1)C1CCOC2(CCSC2)C1. The molecule has 2 nitrogen and oxygen atoms in total. The van der Waals surface area contributed by atoms with E-state index in [0.717, 1.165) is 36.3 Å². The Hall–Kier alpha value is -0.100. The third kappa shape index (κ3) is 2.91. The minimum absolute atomic E-state index is 0.0359. The van der Waals surface area contributed by atoms with Crippen LogP contribution in [0.4, 0.5) is 4.39 Å². The normalized spacial score (nSPS) is 31.6. The molecule has 1 aromatic carbocycles. The van der Waals surface area contributed by atoms with Crippen LogP contribution >= 0.6 is 27.7 Å². The van der Waals surface area contributed by atoms with Crippen LogP contribution in [0, 0.1) is 11.7 Å². The number of halogens is 2. The second-order valence-electron chi connectivity index (χ2n) is 5.71. The van der Waals surface area contributed by atoms with Crippen LogP contribution in [0.2, 0.25) is 0 Å². The van der Waals surface area contributed by atoms with Crippen molar-refractivity contribution in [2.24, 2.45) is 5.92 Å². The Kier molecular flexibility index (Phi) is 4.41. The molecule has 0 saturated carbocycles. The number of aliphatic hydroxyl groups excluding tert-OH is 1. The van der Waals surface area contributed by atoms with Crippen LogP contribution in [0.1, 0.15) is 30.9 Å². The molecule has 2 aliphatic heterocycles. The number of benzene rings is 1. The smallest absolute Gasteiger partial charge is 0.137 e. The monoisotopic (exact) mass is 360 g/mol. The maximum Gasteiger partial charge on any atom is 0.137 e. The van der Waals surface area contributed by atoms with Crippen molar-refractivity contribution in [1.82, 2.24) is 0 Å². The van der Waals surface area contributed by atoms with E-state index >= 15 is 0 Å². The summed E-state index contributed by atoms with van der Waals surface area (Å²) in [4.78, 5) is 0. The summed E-state index contributed by atoms with van der Waals surface area (Å²) in [5, 5.41) is 10.6. The van der Waals surface area contributed by atoms with Gasteiger partial charge in [-0.15, -0.1) is 0 Å². The maximum atomic E-state index is 13.3. The van der Waals surface area contributed by atoms with Gasteiger partial charge in [-0.3, -0.25) is 0 Å². The number of ether oxygens (including phenoxy) is 1. The van der Waals surface area contributed by atoms with Gasteiger partial charge in [-0.05, 0) is 64.6 Å². The summed E-state index contributed by atoms with van der Waals surface area (Å²) in [6.07, 6.45) is 2.30. The summed E-state index contributed by atoms with van der Waals surface area (Å²) in [5.41, 5.74) is 0.747. The summed E-state index contributed by atoms with van der Waals surface area (Å²) in [6.45, 7) is 0.713. The number of thioether (sulfide) groups is 1. The summed E-state index contributed by atoms with van der Waals surface area (Å²) in [7, 11) is 0. The van der Waals surface area contributed by atoms with E-state index in [9.17, 15) is 9.50 Å². The summed E-state index contributed by atoms with van der Waals surface area (Å²) >= 11 is 5.11. The molecule has 2 heterocycles. The van der Waals surface area contributed by atoms with E-state index in [0.29, 0.717) is 11.1 Å². The van der Waals surface area contributed by atoms with Crippen LogP contribution in [0.3, 0.4) is 0 Å². The minimum Gasteiger partial charge on any atom is -0.388 e. The van der Waals surface area contributed by atoms with E-state index in [1.165, 1.54) is 6.07 Å². The van der Waals surface area contributed by atoms with Crippen molar-refractivity contribution in [3.63, 3.8) is 0 Å². The fourth-order valence-electron chi connectivity index (χ4n) is 3.17. The lowest BCUT2D eigenvalue weighted by Crippen LogP contribution is -2.41. The van der Waals surface area contributed by atoms with Gasteiger partial charge in [0.2, 0.25) is 0 Å². The van der Waals surface area contributed by atoms with E-state index in [1.807, 2.05) is 11.8 Å². The number of aliphatic hydroxyl groups is 1. The highest BCUT2D eigenvalue weighted by Crippen LogP contribution is 2.44. The van der Waals surface area contributed by atoms with Crippen LogP contribution in [-0.2, 0) is 4.74 Å². The second kappa shape index (κ2) is 5.95. The molecule has 0 bridgehead atoms. The van der Waals surface area contributed by atoms with Crippen molar-refractivity contribution < 1.29 is 14.2 Å². The van der Waals surface area contributed by atoms with Gasteiger partial charge in [-0.1, -0.05) is 6.07 Å². The third-order valence-electron chi connectivity index (χ3n) is 4.33. The van der Waals surface area contributed by atoms with E-state index in [-0.39, 0.29) is 17.3 Å². The predicted octanol–water partition coefficient (Wildman–Crippen LogP) is 3.92. The van der Waals surface area contributed by atoms with Gasteiger partial charge in [-0.25, -0.2) is 4.39 Å².